The van der Waals surface area contributed by atoms with Gasteiger partial charge in [0, 0.05) is 39.8 Å². The third-order valence-corrected chi connectivity index (χ3v) is 11.1. The Morgan fingerprint density at radius 2 is 0.946 bits per heavy atom. The number of hydrogen-bond donors (Lipinski definition) is 0. The Hall–Kier alpha value is -7.16. The van der Waals surface area contributed by atoms with Crippen LogP contribution in [0.2, 0.25) is 0 Å². The number of fused-ring (bicyclic) bond motifs is 3. The SMILES string of the molecule is C1=CC2=C(N(c3ccc(-c4ccccc4)cc3)c3ccc(-c4ccc(N(c5ccc6ccccc6c5)c5cccc6ccccc56)cc4)cc3)C=CCC2C=C1. The molecule has 2 heteroatoms. The van der Waals surface area contributed by atoms with E-state index in [1.54, 1.807) is 0 Å². The van der Waals surface area contributed by atoms with Crippen LogP contribution in [0.4, 0.5) is 28.4 Å². The molecule has 266 valence electrons. The Balaban J connectivity index is 1.01. The van der Waals surface area contributed by atoms with E-state index < -0.39 is 0 Å². The Bertz CT molecular complexity index is 2800. The molecule has 0 N–H and O–H groups in total. The van der Waals surface area contributed by atoms with Gasteiger partial charge in [0.25, 0.3) is 0 Å². The lowest BCUT2D eigenvalue weighted by Gasteiger charge is -2.32. The highest BCUT2D eigenvalue weighted by Crippen LogP contribution is 2.42. The molecule has 0 aromatic heterocycles. The van der Waals surface area contributed by atoms with Crippen LogP contribution in [0, 0.1) is 5.92 Å². The molecule has 2 aliphatic carbocycles. The molecule has 2 aliphatic rings. The molecule has 1 unspecified atom stereocenters. The average Bonchev–Trinajstić information content (AvgIpc) is 3.28. The summed E-state index contributed by atoms with van der Waals surface area (Å²) >= 11 is 0. The summed E-state index contributed by atoms with van der Waals surface area (Å²) in [6.07, 6.45) is 14.6. The quantitative estimate of drug-likeness (QED) is 0.154. The lowest BCUT2D eigenvalue weighted by Crippen LogP contribution is -2.21. The maximum atomic E-state index is 2.41. The van der Waals surface area contributed by atoms with E-state index in [4.69, 9.17) is 0 Å². The van der Waals surface area contributed by atoms with E-state index in [2.05, 4.69) is 234 Å². The smallest absolute Gasteiger partial charge is 0.0540 e. The molecule has 0 heterocycles. The molecule has 8 aromatic carbocycles. The zero-order chi connectivity index (χ0) is 37.3. The van der Waals surface area contributed by atoms with Gasteiger partial charge in [-0.3, -0.25) is 0 Å². The van der Waals surface area contributed by atoms with E-state index in [1.807, 2.05) is 0 Å². The minimum absolute atomic E-state index is 0.381. The molecule has 56 heavy (non-hydrogen) atoms. The highest BCUT2D eigenvalue weighted by atomic mass is 15.2. The Kier molecular flexibility index (Phi) is 8.70. The lowest BCUT2D eigenvalue weighted by atomic mass is 9.86. The number of hydrogen-bond acceptors (Lipinski definition) is 2. The van der Waals surface area contributed by atoms with Gasteiger partial charge in [0.1, 0.15) is 0 Å². The summed E-state index contributed by atoms with van der Waals surface area (Å²) in [5.74, 6) is 0.381. The van der Waals surface area contributed by atoms with Gasteiger partial charge in [0.15, 0.2) is 0 Å². The van der Waals surface area contributed by atoms with Crippen LogP contribution in [0.5, 0.6) is 0 Å². The molecule has 0 aliphatic heterocycles. The molecular weight excluding hydrogens is 677 g/mol. The van der Waals surface area contributed by atoms with Gasteiger partial charge in [-0.15, -0.1) is 0 Å². The van der Waals surface area contributed by atoms with Gasteiger partial charge in [-0.2, -0.15) is 0 Å². The fourth-order valence-electron chi connectivity index (χ4n) is 8.30. The summed E-state index contributed by atoms with van der Waals surface area (Å²) < 4.78 is 0. The lowest BCUT2D eigenvalue weighted by molar-refractivity contribution is 0.763. The van der Waals surface area contributed by atoms with Gasteiger partial charge >= 0.3 is 0 Å². The van der Waals surface area contributed by atoms with Gasteiger partial charge in [-0.05, 0) is 111 Å². The molecule has 0 saturated carbocycles. The maximum absolute atomic E-state index is 2.41. The van der Waals surface area contributed by atoms with Crippen LogP contribution in [0.1, 0.15) is 6.42 Å². The van der Waals surface area contributed by atoms with Gasteiger partial charge in [-0.1, -0.05) is 164 Å². The van der Waals surface area contributed by atoms with E-state index in [0.29, 0.717) is 5.92 Å². The van der Waals surface area contributed by atoms with Crippen LogP contribution < -0.4 is 9.80 Å². The molecule has 2 nitrogen and oxygen atoms in total. The summed E-state index contributed by atoms with van der Waals surface area (Å²) in [5, 5.41) is 4.90. The fraction of sp³-hybridized carbons (Fsp3) is 0.0370. The predicted molar refractivity (Wildman–Crippen MR) is 238 cm³/mol. The normalized spacial score (nSPS) is 14.6. The number of nitrogens with zero attached hydrogens (tertiary/aromatic N) is 2. The van der Waals surface area contributed by atoms with E-state index >= 15 is 0 Å². The van der Waals surface area contributed by atoms with Crippen molar-refractivity contribution in [3.8, 4) is 22.3 Å². The molecule has 0 amide bonds. The minimum atomic E-state index is 0.381. The zero-order valence-corrected chi connectivity index (χ0v) is 31.0. The van der Waals surface area contributed by atoms with Gasteiger partial charge in [0.2, 0.25) is 0 Å². The Morgan fingerprint density at radius 1 is 0.393 bits per heavy atom. The summed E-state index contributed by atoms with van der Waals surface area (Å²) in [6.45, 7) is 0. The molecule has 0 spiro atoms. The third-order valence-electron chi connectivity index (χ3n) is 11.1. The average molecular weight is 717 g/mol. The molecule has 10 rings (SSSR count). The van der Waals surface area contributed by atoms with Crippen molar-refractivity contribution < 1.29 is 0 Å². The number of anilines is 5. The second-order valence-electron chi connectivity index (χ2n) is 14.5. The Morgan fingerprint density at radius 3 is 1.64 bits per heavy atom. The second-order valence-corrected chi connectivity index (χ2v) is 14.5. The van der Waals surface area contributed by atoms with E-state index in [-0.39, 0.29) is 0 Å². The van der Waals surface area contributed by atoms with Crippen LogP contribution in [0.15, 0.2) is 236 Å². The van der Waals surface area contributed by atoms with Gasteiger partial charge < -0.3 is 9.80 Å². The van der Waals surface area contributed by atoms with E-state index in [1.165, 1.54) is 55.1 Å². The fourth-order valence-corrected chi connectivity index (χ4v) is 8.30. The van der Waals surface area contributed by atoms with Gasteiger partial charge in [0.05, 0.1) is 5.69 Å². The van der Waals surface area contributed by atoms with Crippen LogP contribution in [0.3, 0.4) is 0 Å². The molecular formula is C54H40N2. The van der Waals surface area contributed by atoms with Crippen molar-refractivity contribution in [3.05, 3.63) is 236 Å². The third kappa shape index (κ3) is 6.32. The number of allylic oxidation sites excluding steroid dienone is 7. The molecule has 0 saturated heterocycles. The maximum Gasteiger partial charge on any atom is 0.0540 e. The molecule has 1 atom stereocenters. The van der Waals surface area contributed by atoms with Gasteiger partial charge in [-0.25, -0.2) is 0 Å². The van der Waals surface area contributed by atoms with Crippen LogP contribution in [-0.4, -0.2) is 0 Å². The van der Waals surface area contributed by atoms with Crippen molar-refractivity contribution >= 4 is 50.0 Å². The van der Waals surface area contributed by atoms with Crippen molar-refractivity contribution in [2.24, 2.45) is 5.92 Å². The first kappa shape index (κ1) is 33.4. The van der Waals surface area contributed by atoms with Crippen LogP contribution in [-0.2, 0) is 0 Å². The summed E-state index contributed by atoms with van der Waals surface area (Å²) in [5.41, 5.74) is 13.0. The highest BCUT2D eigenvalue weighted by Gasteiger charge is 2.24. The first-order valence-electron chi connectivity index (χ1n) is 19.5. The topological polar surface area (TPSA) is 6.48 Å². The molecule has 0 fully saturated rings. The van der Waals surface area contributed by atoms with Crippen molar-refractivity contribution in [1.29, 1.82) is 0 Å². The minimum Gasteiger partial charge on any atom is -0.310 e. The Labute approximate surface area is 328 Å². The summed E-state index contributed by atoms with van der Waals surface area (Å²) in [6, 6.07) is 68.2. The molecule has 8 aromatic rings. The van der Waals surface area contributed by atoms with Crippen LogP contribution >= 0.6 is 0 Å². The largest absolute Gasteiger partial charge is 0.310 e. The van der Waals surface area contributed by atoms with E-state index in [0.717, 1.165) is 34.9 Å². The van der Waals surface area contributed by atoms with Crippen molar-refractivity contribution in [1.82, 2.24) is 0 Å². The highest BCUT2D eigenvalue weighted by molar-refractivity contribution is 6.00. The van der Waals surface area contributed by atoms with Crippen molar-refractivity contribution in [2.45, 2.75) is 6.42 Å². The second kappa shape index (κ2) is 14.6. The summed E-state index contributed by atoms with van der Waals surface area (Å²) in [7, 11) is 0. The first-order chi connectivity index (χ1) is 27.8. The number of rotatable bonds is 8. The number of benzene rings is 8. The summed E-state index contributed by atoms with van der Waals surface area (Å²) in [4.78, 5) is 4.80. The van der Waals surface area contributed by atoms with Crippen molar-refractivity contribution in [3.63, 3.8) is 0 Å². The molecule has 0 radical (unpaired) electrons. The standard InChI is InChI=1S/C54H40N2/c1-2-12-39(13-3-1)41-24-31-47(32-25-41)55(53-22-10-18-44-15-6-8-20-51(44)53)48-33-26-42(27-34-48)43-28-35-49(36-29-43)56(50-37-30-40-14-4-5-17-46(40)38-50)54-23-11-19-45-16-7-9-21-52(45)54/h1-17,19-38,44H,18H2. The monoisotopic (exact) mass is 716 g/mol. The first-order valence-corrected chi connectivity index (χ1v) is 19.5. The van der Waals surface area contributed by atoms with E-state index in [9.17, 15) is 0 Å². The molecule has 0 bridgehead atoms. The zero-order valence-electron chi connectivity index (χ0n) is 31.0. The predicted octanol–water partition coefficient (Wildman–Crippen LogP) is 14.9. The van der Waals surface area contributed by atoms with Crippen molar-refractivity contribution in [2.75, 3.05) is 9.80 Å². The van der Waals surface area contributed by atoms with Crippen LogP contribution in [0.25, 0.3) is 43.8 Å².